The Hall–Kier alpha value is -3.35. The molecule has 0 aliphatic heterocycles. The normalized spacial score (nSPS) is 11.0. The van der Waals surface area contributed by atoms with E-state index >= 15 is 0 Å². The van der Waals surface area contributed by atoms with Gasteiger partial charge in [-0.1, -0.05) is 6.07 Å². The smallest absolute Gasteiger partial charge is 0.180 e. The minimum absolute atomic E-state index is 0.290. The van der Waals surface area contributed by atoms with Gasteiger partial charge < -0.3 is 9.88 Å². The first kappa shape index (κ1) is 16.1. The number of nitrogens with zero attached hydrogens (tertiary/aromatic N) is 5. The van der Waals surface area contributed by atoms with Gasteiger partial charge in [0, 0.05) is 31.1 Å². The van der Waals surface area contributed by atoms with Gasteiger partial charge in [0.25, 0.3) is 0 Å². The quantitative estimate of drug-likeness (QED) is 0.611. The molecule has 6 nitrogen and oxygen atoms in total. The van der Waals surface area contributed by atoms with Gasteiger partial charge in [-0.05, 0) is 31.2 Å². The minimum Gasteiger partial charge on any atom is -0.363 e. The number of aromatic nitrogens is 5. The Morgan fingerprint density at radius 1 is 1.08 bits per heavy atom. The molecule has 1 aromatic carbocycles. The summed E-state index contributed by atoms with van der Waals surface area (Å²) in [5.74, 6) is 1.76. The maximum Gasteiger partial charge on any atom is 0.180 e. The van der Waals surface area contributed by atoms with Gasteiger partial charge in [-0.15, -0.1) is 0 Å². The number of fused-ring (bicyclic) bond motifs is 1. The Balaban J connectivity index is 1.60. The number of halogens is 1. The lowest BCUT2D eigenvalue weighted by Crippen LogP contribution is -2.08. The third kappa shape index (κ3) is 3.11. The van der Waals surface area contributed by atoms with Crippen LogP contribution in [0.2, 0.25) is 0 Å². The van der Waals surface area contributed by atoms with Gasteiger partial charge in [0.15, 0.2) is 5.82 Å². The van der Waals surface area contributed by atoms with E-state index < -0.39 is 0 Å². The van der Waals surface area contributed by atoms with Crippen LogP contribution in [0.15, 0.2) is 48.7 Å². The van der Waals surface area contributed by atoms with Crippen LogP contribution in [0, 0.1) is 12.7 Å². The molecule has 130 valence electrons. The number of aryl methyl sites for hydroxylation is 2. The van der Waals surface area contributed by atoms with Gasteiger partial charge in [-0.3, -0.25) is 4.98 Å². The van der Waals surface area contributed by atoms with Gasteiger partial charge in [-0.2, -0.15) is 0 Å². The predicted molar refractivity (Wildman–Crippen MR) is 98.0 cm³/mol. The lowest BCUT2D eigenvalue weighted by atomic mass is 10.3. The lowest BCUT2D eigenvalue weighted by Gasteiger charge is -2.08. The fraction of sp³-hybridized carbons (Fsp3) is 0.158. The van der Waals surface area contributed by atoms with Crippen molar-refractivity contribution in [1.29, 1.82) is 0 Å². The molecule has 0 aliphatic carbocycles. The van der Waals surface area contributed by atoms with Crippen LogP contribution in [0.3, 0.4) is 0 Å². The van der Waals surface area contributed by atoms with Gasteiger partial charge in [0.2, 0.25) is 0 Å². The van der Waals surface area contributed by atoms with E-state index in [9.17, 15) is 4.39 Å². The molecule has 3 heterocycles. The lowest BCUT2D eigenvalue weighted by molar-refractivity contribution is 0.629. The largest absolute Gasteiger partial charge is 0.363 e. The van der Waals surface area contributed by atoms with Crippen molar-refractivity contribution in [2.75, 3.05) is 5.32 Å². The SMILES string of the molecule is Cc1cc(NCc2nc3cc(F)ccc3n2C)nc(-c2ccccn2)n1. The Labute approximate surface area is 149 Å². The monoisotopic (exact) mass is 348 g/mol. The molecular weight excluding hydrogens is 331 g/mol. The van der Waals surface area contributed by atoms with E-state index in [1.807, 2.05) is 42.8 Å². The average molecular weight is 348 g/mol. The van der Waals surface area contributed by atoms with Crippen molar-refractivity contribution in [1.82, 2.24) is 24.5 Å². The summed E-state index contributed by atoms with van der Waals surface area (Å²) >= 11 is 0. The number of nitrogens with one attached hydrogen (secondary N) is 1. The molecule has 0 aliphatic rings. The van der Waals surface area contributed by atoms with Crippen LogP contribution in [0.1, 0.15) is 11.5 Å². The second kappa shape index (κ2) is 6.51. The molecule has 0 radical (unpaired) electrons. The first-order valence-corrected chi connectivity index (χ1v) is 8.22. The molecule has 3 aromatic heterocycles. The van der Waals surface area contributed by atoms with Crippen LogP contribution in [0.4, 0.5) is 10.2 Å². The Morgan fingerprint density at radius 3 is 2.77 bits per heavy atom. The van der Waals surface area contributed by atoms with Crippen molar-refractivity contribution in [2.45, 2.75) is 13.5 Å². The molecule has 0 atom stereocenters. The number of benzene rings is 1. The van der Waals surface area contributed by atoms with Crippen LogP contribution < -0.4 is 5.32 Å². The molecule has 0 saturated heterocycles. The fourth-order valence-electron chi connectivity index (χ4n) is 2.82. The molecule has 7 heteroatoms. The Bertz CT molecular complexity index is 1070. The number of rotatable bonds is 4. The molecule has 0 amide bonds. The van der Waals surface area contributed by atoms with E-state index in [4.69, 9.17) is 0 Å². The molecule has 4 rings (SSSR count). The molecule has 0 saturated carbocycles. The van der Waals surface area contributed by atoms with Crippen molar-refractivity contribution in [3.8, 4) is 11.5 Å². The number of anilines is 1. The zero-order chi connectivity index (χ0) is 18.1. The van der Waals surface area contributed by atoms with E-state index in [-0.39, 0.29) is 5.82 Å². The zero-order valence-corrected chi connectivity index (χ0v) is 14.4. The van der Waals surface area contributed by atoms with Crippen LogP contribution in [-0.2, 0) is 13.6 Å². The number of hydrogen-bond acceptors (Lipinski definition) is 5. The molecule has 0 spiro atoms. The molecule has 4 aromatic rings. The van der Waals surface area contributed by atoms with Crippen molar-refractivity contribution >= 4 is 16.9 Å². The maximum atomic E-state index is 13.4. The highest BCUT2D eigenvalue weighted by Gasteiger charge is 2.10. The van der Waals surface area contributed by atoms with Gasteiger partial charge >= 0.3 is 0 Å². The van der Waals surface area contributed by atoms with Crippen LogP contribution in [0.25, 0.3) is 22.6 Å². The summed E-state index contributed by atoms with van der Waals surface area (Å²) in [5.41, 5.74) is 3.08. The van der Waals surface area contributed by atoms with Gasteiger partial charge in [0.1, 0.15) is 23.2 Å². The highest BCUT2D eigenvalue weighted by atomic mass is 19.1. The Morgan fingerprint density at radius 2 is 1.96 bits per heavy atom. The highest BCUT2D eigenvalue weighted by molar-refractivity contribution is 5.76. The van der Waals surface area contributed by atoms with Crippen LogP contribution in [-0.4, -0.2) is 24.5 Å². The van der Waals surface area contributed by atoms with Gasteiger partial charge in [-0.25, -0.2) is 19.3 Å². The van der Waals surface area contributed by atoms with Crippen molar-refractivity contribution in [2.24, 2.45) is 7.05 Å². The summed E-state index contributed by atoms with van der Waals surface area (Å²) in [5, 5.41) is 3.27. The summed E-state index contributed by atoms with van der Waals surface area (Å²) in [6.45, 7) is 2.38. The van der Waals surface area contributed by atoms with Crippen molar-refractivity contribution in [3.63, 3.8) is 0 Å². The van der Waals surface area contributed by atoms with Crippen molar-refractivity contribution in [3.05, 3.63) is 66.0 Å². The van der Waals surface area contributed by atoms with E-state index in [1.165, 1.54) is 12.1 Å². The summed E-state index contributed by atoms with van der Waals surface area (Å²) in [6.07, 6.45) is 1.71. The van der Waals surface area contributed by atoms with Crippen LogP contribution in [0.5, 0.6) is 0 Å². The molecule has 0 bridgehead atoms. The summed E-state index contributed by atoms with van der Waals surface area (Å²) in [7, 11) is 1.91. The standard InChI is InChI=1S/C19H17FN6/c1-12-9-17(25-19(23-12)14-5-3-4-8-21-14)22-11-18-24-15-10-13(20)6-7-16(15)26(18)2/h3-10H,11H2,1-2H3,(H,22,23,25). The van der Waals surface area contributed by atoms with E-state index in [1.54, 1.807) is 12.3 Å². The van der Waals surface area contributed by atoms with Gasteiger partial charge in [0.05, 0.1) is 17.6 Å². The van der Waals surface area contributed by atoms with Crippen LogP contribution >= 0.6 is 0 Å². The summed E-state index contributed by atoms with van der Waals surface area (Å²) in [4.78, 5) is 17.8. The average Bonchev–Trinajstić information content (AvgIpc) is 2.95. The van der Waals surface area contributed by atoms with E-state index in [0.29, 0.717) is 23.7 Å². The van der Waals surface area contributed by atoms with E-state index in [0.717, 1.165) is 22.7 Å². The molecule has 0 fully saturated rings. The summed E-state index contributed by atoms with van der Waals surface area (Å²) < 4.78 is 15.3. The second-order valence-electron chi connectivity index (χ2n) is 6.01. The van der Waals surface area contributed by atoms with E-state index in [2.05, 4.69) is 25.3 Å². The highest BCUT2D eigenvalue weighted by Crippen LogP contribution is 2.18. The second-order valence-corrected chi connectivity index (χ2v) is 6.01. The first-order chi connectivity index (χ1) is 12.6. The maximum absolute atomic E-state index is 13.4. The third-order valence-electron chi connectivity index (χ3n) is 4.11. The number of hydrogen-bond donors (Lipinski definition) is 1. The predicted octanol–water partition coefficient (Wildman–Crippen LogP) is 3.48. The van der Waals surface area contributed by atoms with Crippen molar-refractivity contribution < 1.29 is 4.39 Å². The zero-order valence-electron chi connectivity index (χ0n) is 14.4. The first-order valence-electron chi connectivity index (χ1n) is 8.22. The topological polar surface area (TPSA) is 68.5 Å². The fourth-order valence-corrected chi connectivity index (χ4v) is 2.82. The third-order valence-corrected chi connectivity index (χ3v) is 4.11. The Kier molecular flexibility index (Phi) is 4.04. The summed E-state index contributed by atoms with van der Waals surface area (Å²) in [6, 6.07) is 12.1. The molecule has 0 unspecified atom stereocenters. The number of pyridine rings is 1. The molecular formula is C19H17FN6. The number of imidazole rings is 1. The molecule has 26 heavy (non-hydrogen) atoms. The minimum atomic E-state index is -0.290. The molecule has 1 N–H and O–H groups in total.